The second-order valence-corrected chi connectivity index (χ2v) is 6.40. The van der Waals surface area contributed by atoms with Gasteiger partial charge in [-0.3, -0.25) is 4.79 Å². The van der Waals surface area contributed by atoms with E-state index in [0.29, 0.717) is 5.82 Å². The van der Waals surface area contributed by atoms with Crippen molar-refractivity contribution in [3.05, 3.63) is 11.9 Å². The third-order valence-electron chi connectivity index (χ3n) is 3.53. The highest BCUT2D eigenvalue weighted by molar-refractivity contribution is 5.80. The zero-order chi connectivity index (χ0) is 15.5. The van der Waals surface area contributed by atoms with E-state index in [1.165, 1.54) is 0 Å². The minimum Gasteiger partial charge on any atom is -0.373 e. The summed E-state index contributed by atoms with van der Waals surface area (Å²) in [5.41, 5.74) is -0.137. The summed E-state index contributed by atoms with van der Waals surface area (Å²) in [5, 5.41) is 6.16. The van der Waals surface area contributed by atoms with Crippen LogP contribution in [0.25, 0.3) is 0 Å². The van der Waals surface area contributed by atoms with E-state index in [2.05, 4.69) is 41.4 Å². The number of hydrogen-bond donors (Lipinski definition) is 2. The summed E-state index contributed by atoms with van der Waals surface area (Å²) in [6.45, 7) is 8.24. The number of nitrogens with zero attached hydrogens (tertiary/aromatic N) is 3. The van der Waals surface area contributed by atoms with Gasteiger partial charge >= 0.3 is 0 Å². The summed E-state index contributed by atoms with van der Waals surface area (Å²) in [5.74, 6) is 2.33. The molecule has 116 valence electrons. The molecule has 2 rings (SSSR count). The molecule has 0 unspecified atom stereocenters. The monoisotopic (exact) mass is 291 g/mol. The Labute approximate surface area is 126 Å². The van der Waals surface area contributed by atoms with Crippen molar-refractivity contribution >= 4 is 17.5 Å². The standard InChI is InChI=1S/C15H25N5O/c1-15(2,3)14-18-11(16-4)9-12(19-14)17-10-13(21)20-7-5-6-8-20/h9H,5-8,10H2,1-4H3,(H2,16,17,18,19). The van der Waals surface area contributed by atoms with Gasteiger partial charge in [-0.05, 0) is 12.8 Å². The first-order chi connectivity index (χ1) is 9.90. The molecule has 1 aromatic heterocycles. The van der Waals surface area contributed by atoms with E-state index < -0.39 is 0 Å². The minimum atomic E-state index is -0.137. The van der Waals surface area contributed by atoms with Crippen molar-refractivity contribution in [1.29, 1.82) is 0 Å². The second-order valence-electron chi connectivity index (χ2n) is 6.40. The summed E-state index contributed by atoms with van der Waals surface area (Å²) in [7, 11) is 1.83. The number of amides is 1. The Balaban J connectivity index is 2.06. The fourth-order valence-electron chi connectivity index (χ4n) is 2.25. The molecule has 2 heterocycles. The lowest BCUT2D eigenvalue weighted by atomic mass is 9.96. The van der Waals surface area contributed by atoms with Gasteiger partial charge in [-0.25, -0.2) is 9.97 Å². The SMILES string of the molecule is CNc1cc(NCC(=O)N2CCCC2)nc(C(C)(C)C)n1. The lowest BCUT2D eigenvalue weighted by Crippen LogP contribution is -2.33. The van der Waals surface area contributed by atoms with Crippen LogP contribution in [-0.2, 0) is 10.2 Å². The number of likely N-dealkylation sites (tertiary alicyclic amines) is 1. The molecular formula is C15H25N5O. The Kier molecular flexibility index (Phi) is 4.65. The van der Waals surface area contributed by atoms with Crippen molar-refractivity contribution in [2.75, 3.05) is 37.3 Å². The molecule has 1 amide bonds. The van der Waals surface area contributed by atoms with Gasteiger partial charge in [0.15, 0.2) is 0 Å². The topological polar surface area (TPSA) is 70.2 Å². The smallest absolute Gasteiger partial charge is 0.241 e. The molecule has 6 heteroatoms. The fraction of sp³-hybridized carbons (Fsp3) is 0.667. The van der Waals surface area contributed by atoms with Gasteiger partial charge in [0, 0.05) is 31.6 Å². The molecule has 1 saturated heterocycles. The molecule has 1 aromatic rings. The van der Waals surface area contributed by atoms with E-state index in [1.54, 1.807) is 0 Å². The molecule has 0 aromatic carbocycles. The lowest BCUT2D eigenvalue weighted by molar-refractivity contribution is -0.128. The molecule has 6 nitrogen and oxygen atoms in total. The van der Waals surface area contributed by atoms with Crippen LogP contribution in [0.4, 0.5) is 11.6 Å². The van der Waals surface area contributed by atoms with E-state index in [0.717, 1.165) is 37.6 Å². The van der Waals surface area contributed by atoms with Crippen LogP contribution in [0.3, 0.4) is 0 Å². The molecule has 1 aliphatic heterocycles. The summed E-state index contributed by atoms with van der Waals surface area (Å²) >= 11 is 0. The van der Waals surface area contributed by atoms with Crippen LogP contribution in [0.5, 0.6) is 0 Å². The average Bonchev–Trinajstić information content (AvgIpc) is 2.97. The molecule has 0 aliphatic carbocycles. The van der Waals surface area contributed by atoms with Crippen LogP contribution in [0.2, 0.25) is 0 Å². The molecule has 1 aliphatic rings. The van der Waals surface area contributed by atoms with Crippen LogP contribution in [0, 0.1) is 0 Å². The summed E-state index contributed by atoms with van der Waals surface area (Å²) in [6, 6.07) is 1.83. The van der Waals surface area contributed by atoms with Gasteiger partial charge in [0.05, 0.1) is 6.54 Å². The quantitative estimate of drug-likeness (QED) is 0.886. The molecular weight excluding hydrogens is 266 g/mol. The van der Waals surface area contributed by atoms with Crippen LogP contribution in [0.15, 0.2) is 6.07 Å². The van der Waals surface area contributed by atoms with E-state index >= 15 is 0 Å². The van der Waals surface area contributed by atoms with Gasteiger partial charge in [-0.2, -0.15) is 0 Å². The zero-order valence-electron chi connectivity index (χ0n) is 13.4. The number of carbonyl (C=O) groups excluding carboxylic acids is 1. The Hall–Kier alpha value is -1.85. The molecule has 1 fully saturated rings. The van der Waals surface area contributed by atoms with Gasteiger partial charge in [-0.15, -0.1) is 0 Å². The number of anilines is 2. The van der Waals surface area contributed by atoms with Crippen molar-refractivity contribution in [2.24, 2.45) is 0 Å². The number of rotatable bonds is 4. The minimum absolute atomic E-state index is 0.134. The zero-order valence-corrected chi connectivity index (χ0v) is 13.4. The van der Waals surface area contributed by atoms with Crippen LogP contribution < -0.4 is 10.6 Å². The van der Waals surface area contributed by atoms with Crippen LogP contribution in [0.1, 0.15) is 39.4 Å². The summed E-state index contributed by atoms with van der Waals surface area (Å²) in [4.78, 5) is 22.9. The highest BCUT2D eigenvalue weighted by atomic mass is 16.2. The molecule has 0 radical (unpaired) electrons. The largest absolute Gasteiger partial charge is 0.373 e. The second kappa shape index (κ2) is 6.28. The molecule has 0 saturated carbocycles. The molecule has 0 atom stereocenters. The van der Waals surface area contributed by atoms with Gasteiger partial charge in [-0.1, -0.05) is 20.8 Å². The fourth-order valence-corrected chi connectivity index (χ4v) is 2.25. The Bertz CT molecular complexity index is 503. The number of aromatic nitrogens is 2. The number of carbonyl (C=O) groups is 1. The van der Waals surface area contributed by atoms with Crippen molar-refractivity contribution in [2.45, 2.75) is 39.0 Å². The third-order valence-corrected chi connectivity index (χ3v) is 3.53. The average molecular weight is 291 g/mol. The Morgan fingerprint density at radius 1 is 1.24 bits per heavy atom. The van der Waals surface area contributed by atoms with E-state index in [-0.39, 0.29) is 17.9 Å². The van der Waals surface area contributed by atoms with Gasteiger partial charge in [0.2, 0.25) is 5.91 Å². The molecule has 21 heavy (non-hydrogen) atoms. The predicted octanol–water partition coefficient (Wildman–Crippen LogP) is 1.85. The van der Waals surface area contributed by atoms with E-state index in [4.69, 9.17) is 0 Å². The normalized spacial score (nSPS) is 15.1. The van der Waals surface area contributed by atoms with Crippen molar-refractivity contribution in [3.63, 3.8) is 0 Å². The number of hydrogen-bond acceptors (Lipinski definition) is 5. The van der Waals surface area contributed by atoms with Crippen molar-refractivity contribution < 1.29 is 4.79 Å². The summed E-state index contributed by atoms with van der Waals surface area (Å²) < 4.78 is 0. The molecule has 2 N–H and O–H groups in total. The van der Waals surface area contributed by atoms with Crippen molar-refractivity contribution in [3.8, 4) is 0 Å². The maximum Gasteiger partial charge on any atom is 0.241 e. The Morgan fingerprint density at radius 2 is 1.86 bits per heavy atom. The first-order valence-corrected chi connectivity index (χ1v) is 7.49. The third kappa shape index (κ3) is 4.06. The van der Waals surface area contributed by atoms with Gasteiger partial charge in [0.25, 0.3) is 0 Å². The first-order valence-electron chi connectivity index (χ1n) is 7.49. The first kappa shape index (κ1) is 15.5. The maximum atomic E-state index is 12.1. The molecule has 0 bridgehead atoms. The Morgan fingerprint density at radius 3 is 2.43 bits per heavy atom. The van der Waals surface area contributed by atoms with Crippen LogP contribution >= 0.6 is 0 Å². The molecule has 0 spiro atoms. The van der Waals surface area contributed by atoms with Gasteiger partial charge < -0.3 is 15.5 Å². The van der Waals surface area contributed by atoms with E-state index in [9.17, 15) is 4.79 Å². The van der Waals surface area contributed by atoms with Gasteiger partial charge in [0.1, 0.15) is 17.5 Å². The highest BCUT2D eigenvalue weighted by Crippen LogP contribution is 2.22. The maximum absolute atomic E-state index is 12.1. The van der Waals surface area contributed by atoms with E-state index in [1.807, 2.05) is 18.0 Å². The summed E-state index contributed by atoms with van der Waals surface area (Å²) in [6.07, 6.45) is 2.22. The predicted molar refractivity (Wildman–Crippen MR) is 84.6 cm³/mol. The number of nitrogens with one attached hydrogen (secondary N) is 2. The lowest BCUT2D eigenvalue weighted by Gasteiger charge is -2.19. The highest BCUT2D eigenvalue weighted by Gasteiger charge is 2.20. The van der Waals surface area contributed by atoms with Crippen molar-refractivity contribution in [1.82, 2.24) is 14.9 Å². The van der Waals surface area contributed by atoms with Crippen LogP contribution in [-0.4, -0.2) is 47.5 Å².